The Balaban J connectivity index is 3.39. The van der Waals surface area contributed by atoms with Gasteiger partial charge in [-0.15, -0.1) is 0 Å². The lowest BCUT2D eigenvalue weighted by Crippen LogP contribution is -2.05. The third-order valence-electron chi connectivity index (χ3n) is 2.90. The Bertz CT molecular complexity index is 558. The average Bonchev–Trinajstić information content (AvgIpc) is 2.40. The minimum atomic E-state index is -0.183. The molecular formula is C15H17BrN4. The third-order valence-corrected chi connectivity index (χ3v) is 3.36. The predicted octanol–water partition coefficient (Wildman–Crippen LogP) is 4.51. The molecule has 0 aromatic heterocycles. The van der Waals surface area contributed by atoms with Crippen LogP contribution in [0.3, 0.4) is 0 Å². The fraction of sp³-hybridized carbons (Fsp3) is 0.400. The Kier molecular flexibility index (Phi) is 5.73. The Morgan fingerprint density at radius 3 is 1.90 bits per heavy atom. The van der Waals surface area contributed by atoms with Gasteiger partial charge in [-0.1, -0.05) is 43.6 Å². The molecule has 1 N–H and O–H groups in total. The van der Waals surface area contributed by atoms with Crippen molar-refractivity contribution < 1.29 is 0 Å². The molecular weight excluding hydrogens is 316 g/mol. The average molecular weight is 333 g/mol. The Morgan fingerprint density at radius 1 is 1.10 bits per heavy atom. The molecule has 0 saturated carbocycles. The van der Waals surface area contributed by atoms with Crippen LogP contribution in [0.25, 0.3) is 0 Å². The number of hydrogen-bond donors (Lipinski definition) is 1. The molecule has 0 heterocycles. The quantitative estimate of drug-likeness (QED) is 0.651. The number of anilines is 1. The maximum Gasteiger partial charge on any atom is 0.237 e. The van der Waals surface area contributed by atoms with Crippen LogP contribution in [0.2, 0.25) is 0 Å². The van der Waals surface area contributed by atoms with Crippen LogP contribution in [0.4, 0.5) is 5.69 Å². The number of hydrogen-bond acceptors (Lipinski definition) is 4. The van der Waals surface area contributed by atoms with Crippen LogP contribution in [-0.4, -0.2) is 5.71 Å². The molecule has 104 valence electrons. The van der Waals surface area contributed by atoms with E-state index in [1.807, 2.05) is 12.1 Å². The van der Waals surface area contributed by atoms with Crippen molar-refractivity contribution in [1.29, 1.82) is 10.5 Å². The second-order valence-corrected chi connectivity index (χ2v) is 5.98. The van der Waals surface area contributed by atoms with E-state index in [0.29, 0.717) is 11.8 Å². The molecule has 0 aliphatic rings. The molecule has 0 fully saturated rings. The smallest absolute Gasteiger partial charge is 0.237 e. The second-order valence-electron chi connectivity index (χ2n) is 5.06. The number of nitrogens with zero attached hydrogens (tertiary/aromatic N) is 3. The molecule has 5 heteroatoms. The van der Waals surface area contributed by atoms with Gasteiger partial charge in [-0.05, 0) is 35.1 Å². The summed E-state index contributed by atoms with van der Waals surface area (Å²) in [6, 6.07) is 7.56. The summed E-state index contributed by atoms with van der Waals surface area (Å²) in [4.78, 5) is 0. The number of rotatable bonds is 4. The monoisotopic (exact) mass is 332 g/mol. The molecule has 1 aromatic rings. The summed E-state index contributed by atoms with van der Waals surface area (Å²) in [6.07, 6.45) is 0. The van der Waals surface area contributed by atoms with E-state index in [1.165, 1.54) is 0 Å². The molecule has 4 nitrogen and oxygen atoms in total. The maximum atomic E-state index is 8.75. The summed E-state index contributed by atoms with van der Waals surface area (Å²) in [5.41, 5.74) is 5.79. The molecule has 0 amide bonds. The molecule has 0 aliphatic carbocycles. The highest BCUT2D eigenvalue weighted by atomic mass is 79.9. The van der Waals surface area contributed by atoms with Gasteiger partial charge in [0.25, 0.3) is 0 Å². The van der Waals surface area contributed by atoms with E-state index in [0.717, 1.165) is 21.3 Å². The van der Waals surface area contributed by atoms with Gasteiger partial charge < -0.3 is 0 Å². The summed E-state index contributed by atoms with van der Waals surface area (Å²) in [6.45, 7) is 8.37. The van der Waals surface area contributed by atoms with Gasteiger partial charge in [-0.2, -0.15) is 15.6 Å². The predicted molar refractivity (Wildman–Crippen MR) is 84.6 cm³/mol. The molecule has 1 aromatic carbocycles. The van der Waals surface area contributed by atoms with E-state index in [-0.39, 0.29) is 5.71 Å². The lowest BCUT2D eigenvalue weighted by atomic mass is 9.93. The van der Waals surface area contributed by atoms with Crippen molar-refractivity contribution in [1.82, 2.24) is 0 Å². The topological polar surface area (TPSA) is 72.0 Å². The fourth-order valence-electron chi connectivity index (χ4n) is 1.88. The van der Waals surface area contributed by atoms with E-state index < -0.39 is 0 Å². The summed E-state index contributed by atoms with van der Waals surface area (Å²) in [5.74, 6) is 0.602. The molecule has 20 heavy (non-hydrogen) atoms. The van der Waals surface area contributed by atoms with Crippen LogP contribution in [0, 0.1) is 22.7 Å². The van der Waals surface area contributed by atoms with E-state index >= 15 is 0 Å². The van der Waals surface area contributed by atoms with Crippen molar-refractivity contribution in [2.75, 3.05) is 5.43 Å². The van der Waals surface area contributed by atoms with Gasteiger partial charge in [0, 0.05) is 4.47 Å². The first kappa shape index (κ1) is 16.2. The molecule has 0 spiro atoms. The molecule has 0 radical (unpaired) electrons. The van der Waals surface area contributed by atoms with E-state index in [9.17, 15) is 0 Å². The molecule has 0 saturated heterocycles. The summed E-state index contributed by atoms with van der Waals surface area (Å²) < 4.78 is 1.01. The summed E-state index contributed by atoms with van der Waals surface area (Å²) in [7, 11) is 0. The number of halogens is 1. The lowest BCUT2D eigenvalue weighted by molar-refractivity contribution is 0.833. The Hall–Kier alpha value is -1.85. The maximum absolute atomic E-state index is 8.75. The van der Waals surface area contributed by atoms with Gasteiger partial charge in [0.1, 0.15) is 12.1 Å². The van der Waals surface area contributed by atoms with Gasteiger partial charge in [-0.3, -0.25) is 5.43 Å². The van der Waals surface area contributed by atoms with Crippen molar-refractivity contribution in [3.63, 3.8) is 0 Å². The van der Waals surface area contributed by atoms with Gasteiger partial charge >= 0.3 is 0 Å². The summed E-state index contributed by atoms with van der Waals surface area (Å²) in [5, 5.41) is 21.4. The number of nitriles is 2. The standard InChI is InChI=1S/C15H17BrN4/c1-9(2)13-5-11(16)6-14(10(3)4)15(13)20-19-12(7-17)8-18/h5-6,9-10,20H,1-4H3. The van der Waals surface area contributed by atoms with Crippen molar-refractivity contribution in [3.05, 3.63) is 27.7 Å². The number of hydrazone groups is 1. The largest absolute Gasteiger partial charge is 0.276 e. The Labute approximate surface area is 128 Å². The first-order valence-corrected chi connectivity index (χ1v) is 7.17. The van der Waals surface area contributed by atoms with E-state index in [4.69, 9.17) is 10.5 Å². The fourth-order valence-corrected chi connectivity index (χ4v) is 2.37. The second kappa shape index (κ2) is 7.07. The van der Waals surface area contributed by atoms with Gasteiger partial charge in [0.05, 0.1) is 5.69 Å². The van der Waals surface area contributed by atoms with Crippen LogP contribution < -0.4 is 5.43 Å². The van der Waals surface area contributed by atoms with Gasteiger partial charge in [0.15, 0.2) is 0 Å². The highest BCUT2D eigenvalue weighted by Gasteiger charge is 2.15. The van der Waals surface area contributed by atoms with Crippen molar-refractivity contribution in [3.8, 4) is 12.1 Å². The highest BCUT2D eigenvalue weighted by Crippen LogP contribution is 2.35. The van der Waals surface area contributed by atoms with Gasteiger partial charge in [0.2, 0.25) is 5.71 Å². The summed E-state index contributed by atoms with van der Waals surface area (Å²) >= 11 is 3.52. The zero-order chi connectivity index (χ0) is 15.3. The van der Waals surface area contributed by atoms with Crippen LogP contribution in [-0.2, 0) is 0 Å². The lowest BCUT2D eigenvalue weighted by Gasteiger charge is -2.19. The minimum absolute atomic E-state index is 0.183. The highest BCUT2D eigenvalue weighted by molar-refractivity contribution is 9.10. The van der Waals surface area contributed by atoms with Crippen LogP contribution >= 0.6 is 15.9 Å². The first-order chi connectivity index (χ1) is 9.40. The molecule has 0 unspecified atom stereocenters. The normalized spacial score (nSPS) is 10.1. The van der Waals surface area contributed by atoms with Crippen LogP contribution in [0.1, 0.15) is 50.7 Å². The van der Waals surface area contributed by atoms with E-state index in [1.54, 1.807) is 12.1 Å². The van der Waals surface area contributed by atoms with Crippen molar-refractivity contribution in [2.24, 2.45) is 5.10 Å². The van der Waals surface area contributed by atoms with E-state index in [2.05, 4.69) is 54.2 Å². The molecule has 0 atom stereocenters. The first-order valence-electron chi connectivity index (χ1n) is 6.37. The number of nitrogens with one attached hydrogen (secondary N) is 1. The molecule has 0 aliphatic heterocycles. The zero-order valence-electron chi connectivity index (χ0n) is 12.0. The van der Waals surface area contributed by atoms with Crippen LogP contribution in [0.5, 0.6) is 0 Å². The molecule has 1 rings (SSSR count). The number of benzene rings is 1. The van der Waals surface area contributed by atoms with Crippen molar-refractivity contribution >= 4 is 27.3 Å². The van der Waals surface area contributed by atoms with Crippen LogP contribution in [0.15, 0.2) is 21.7 Å². The SMILES string of the molecule is CC(C)c1cc(Br)cc(C(C)C)c1NN=C(C#N)C#N. The molecule has 0 bridgehead atoms. The Morgan fingerprint density at radius 2 is 1.55 bits per heavy atom. The minimum Gasteiger partial charge on any atom is -0.276 e. The van der Waals surface area contributed by atoms with Crippen molar-refractivity contribution in [2.45, 2.75) is 39.5 Å². The third kappa shape index (κ3) is 3.82. The zero-order valence-corrected chi connectivity index (χ0v) is 13.6. The van der Waals surface area contributed by atoms with Gasteiger partial charge in [-0.25, -0.2) is 0 Å².